The first-order valence-electron chi connectivity index (χ1n) is 12.0. The van der Waals surface area contributed by atoms with Crippen molar-refractivity contribution >= 4 is 20.9 Å². The van der Waals surface area contributed by atoms with Crippen LogP contribution in [0.4, 0.5) is 4.39 Å². The highest BCUT2D eigenvalue weighted by Gasteiger charge is 2.37. The van der Waals surface area contributed by atoms with Crippen LogP contribution in [0.3, 0.4) is 0 Å². The molecule has 1 atom stereocenters. The molecule has 1 fully saturated rings. The van der Waals surface area contributed by atoms with Gasteiger partial charge in [-0.25, -0.2) is 17.5 Å². The smallest absolute Gasteiger partial charge is 0.278 e. The summed E-state index contributed by atoms with van der Waals surface area (Å²) in [5.74, 6) is 0.136. The zero-order valence-electron chi connectivity index (χ0n) is 20.8. The van der Waals surface area contributed by atoms with Crippen molar-refractivity contribution in [2.24, 2.45) is 13.0 Å². The van der Waals surface area contributed by atoms with Crippen LogP contribution in [0.15, 0.2) is 54.1 Å². The van der Waals surface area contributed by atoms with Gasteiger partial charge in [0.2, 0.25) is 0 Å². The van der Waals surface area contributed by atoms with Crippen LogP contribution in [-0.2, 0) is 17.1 Å². The van der Waals surface area contributed by atoms with Gasteiger partial charge in [0.05, 0.1) is 17.4 Å². The summed E-state index contributed by atoms with van der Waals surface area (Å²) in [4.78, 5) is 2.37. The summed E-state index contributed by atoms with van der Waals surface area (Å²) in [5, 5.41) is 13.1. The number of nitrogens with zero attached hydrogens (tertiary/aromatic N) is 7. The van der Waals surface area contributed by atoms with Crippen molar-refractivity contribution in [1.82, 2.24) is 33.8 Å². The van der Waals surface area contributed by atoms with Crippen molar-refractivity contribution in [3.63, 3.8) is 0 Å². The van der Waals surface area contributed by atoms with Crippen molar-refractivity contribution in [1.29, 1.82) is 0 Å². The fourth-order valence-electron chi connectivity index (χ4n) is 4.96. The number of aryl methyl sites for hydroxylation is 2. The molecule has 0 radical (unpaired) electrons. The van der Waals surface area contributed by atoms with E-state index in [0.717, 1.165) is 34.3 Å². The Morgan fingerprint density at radius 2 is 1.89 bits per heavy atom. The minimum absolute atomic E-state index is 0.0497. The minimum atomic E-state index is -3.78. The van der Waals surface area contributed by atoms with E-state index in [0.29, 0.717) is 25.6 Å². The number of fused-ring (bicyclic) bond motifs is 1. The van der Waals surface area contributed by atoms with E-state index in [1.807, 2.05) is 6.92 Å². The number of sulfonamides is 1. The van der Waals surface area contributed by atoms with Crippen molar-refractivity contribution in [3.05, 3.63) is 65.9 Å². The molecule has 0 bridgehead atoms. The molecule has 9 nitrogen and oxygen atoms in total. The number of benzene rings is 2. The maximum Gasteiger partial charge on any atom is 0.278 e. The van der Waals surface area contributed by atoms with Crippen molar-refractivity contribution in [3.8, 4) is 5.69 Å². The second kappa shape index (κ2) is 9.38. The van der Waals surface area contributed by atoms with Gasteiger partial charge in [0.1, 0.15) is 12.1 Å². The Labute approximate surface area is 210 Å². The van der Waals surface area contributed by atoms with E-state index in [9.17, 15) is 12.8 Å². The third-order valence-electron chi connectivity index (χ3n) is 6.68. The molecule has 0 N–H and O–H groups in total. The number of halogens is 1. The zero-order chi connectivity index (χ0) is 25.6. The number of piperazine rings is 1. The van der Waals surface area contributed by atoms with Crippen molar-refractivity contribution in [2.75, 3.05) is 26.2 Å². The van der Waals surface area contributed by atoms with Gasteiger partial charge in [-0.1, -0.05) is 13.8 Å². The molecule has 0 unspecified atom stereocenters. The molecule has 0 amide bonds. The van der Waals surface area contributed by atoms with E-state index in [2.05, 4.69) is 46.2 Å². The SMILES string of the molecule is Cc1cc2c(cnn2-c2ccc(F)cc2)cc1[C@H]1CN(S(=O)(=O)c2nncn2C)CCN1CC(C)C. The molecular formula is C25H30FN7O2S. The normalized spacial score (nSPS) is 17.9. The van der Waals surface area contributed by atoms with Gasteiger partial charge in [-0.2, -0.15) is 9.40 Å². The first-order chi connectivity index (χ1) is 17.1. The van der Waals surface area contributed by atoms with E-state index < -0.39 is 10.0 Å². The van der Waals surface area contributed by atoms with Crippen molar-refractivity contribution < 1.29 is 12.8 Å². The molecule has 3 heterocycles. The Morgan fingerprint density at radius 3 is 2.56 bits per heavy atom. The average molecular weight is 512 g/mol. The number of aromatic nitrogens is 5. The number of hydrogen-bond donors (Lipinski definition) is 0. The molecule has 0 saturated carbocycles. The Balaban J connectivity index is 1.54. The van der Waals surface area contributed by atoms with Crippen molar-refractivity contribution in [2.45, 2.75) is 32.0 Å². The second-order valence-corrected chi connectivity index (χ2v) is 11.6. The van der Waals surface area contributed by atoms with E-state index >= 15 is 0 Å². The first kappa shape index (κ1) is 24.5. The van der Waals surface area contributed by atoms with Crippen LogP contribution in [-0.4, -0.2) is 68.3 Å². The number of hydrogen-bond acceptors (Lipinski definition) is 6. The summed E-state index contributed by atoms with van der Waals surface area (Å²) in [7, 11) is -2.15. The van der Waals surface area contributed by atoms with Gasteiger partial charge in [0.25, 0.3) is 15.2 Å². The molecule has 2 aromatic carbocycles. The van der Waals surface area contributed by atoms with Crippen LogP contribution >= 0.6 is 0 Å². The van der Waals surface area contributed by atoms with Crippen LogP contribution in [0, 0.1) is 18.7 Å². The quantitative estimate of drug-likeness (QED) is 0.395. The zero-order valence-corrected chi connectivity index (χ0v) is 21.7. The van der Waals surface area contributed by atoms with E-state index in [4.69, 9.17) is 0 Å². The first-order valence-corrected chi connectivity index (χ1v) is 13.4. The predicted molar refractivity (Wildman–Crippen MR) is 135 cm³/mol. The van der Waals surface area contributed by atoms with Crippen LogP contribution in [0.25, 0.3) is 16.6 Å². The fourth-order valence-corrected chi connectivity index (χ4v) is 6.41. The summed E-state index contributed by atoms with van der Waals surface area (Å²) in [5.41, 5.74) is 3.80. The predicted octanol–water partition coefficient (Wildman–Crippen LogP) is 3.31. The van der Waals surface area contributed by atoms with Gasteiger partial charge in [-0.3, -0.25) is 4.90 Å². The molecule has 11 heteroatoms. The van der Waals surface area contributed by atoms with Gasteiger partial charge < -0.3 is 4.57 Å². The lowest BCUT2D eigenvalue weighted by Crippen LogP contribution is -2.51. The molecular weight excluding hydrogens is 481 g/mol. The molecule has 5 rings (SSSR count). The van der Waals surface area contributed by atoms with Gasteiger partial charge in [0.15, 0.2) is 0 Å². The maximum atomic E-state index is 13.4. The largest absolute Gasteiger partial charge is 0.306 e. The molecule has 1 aliphatic heterocycles. The average Bonchev–Trinajstić information content (AvgIpc) is 3.45. The lowest BCUT2D eigenvalue weighted by molar-refractivity contribution is 0.104. The molecule has 190 valence electrons. The highest BCUT2D eigenvalue weighted by molar-refractivity contribution is 7.89. The third kappa shape index (κ3) is 4.42. The fraction of sp³-hybridized carbons (Fsp3) is 0.400. The van der Waals surface area contributed by atoms with Gasteiger partial charge in [0, 0.05) is 44.7 Å². The second-order valence-electron chi connectivity index (χ2n) is 9.79. The lowest BCUT2D eigenvalue weighted by atomic mass is 9.96. The lowest BCUT2D eigenvalue weighted by Gasteiger charge is -2.42. The molecule has 1 saturated heterocycles. The Hall–Kier alpha value is -3.15. The summed E-state index contributed by atoms with van der Waals surface area (Å²) in [6.07, 6.45) is 3.20. The summed E-state index contributed by atoms with van der Waals surface area (Å²) in [6, 6.07) is 10.3. The minimum Gasteiger partial charge on any atom is -0.306 e. The molecule has 1 aliphatic rings. The molecule has 2 aromatic heterocycles. The van der Waals surface area contributed by atoms with E-state index in [-0.39, 0.29) is 17.0 Å². The van der Waals surface area contributed by atoms with Crippen LogP contribution in [0.1, 0.15) is 31.0 Å². The highest BCUT2D eigenvalue weighted by Crippen LogP contribution is 2.33. The Morgan fingerprint density at radius 1 is 1.14 bits per heavy atom. The molecule has 4 aromatic rings. The summed E-state index contributed by atoms with van der Waals surface area (Å²) >= 11 is 0. The van der Waals surface area contributed by atoms with Gasteiger partial charge in [-0.05, 0) is 60.4 Å². The Bertz CT molecular complexity index is 1490. The van der Waals surface area contributed by atoms with E-state index in [1.165, 1.54) is 27.3 Å². The summed E-state index contributed by atoms with van der Waals surface area (Å²) < 4.78 is 45.0. The summed E-state index contributed by atoms with van der Waals surface area (Å²) in [6.45, 7) is 8.56. The van der Waals surface area contributed by atoms with Gasteiger partial charge >= 0.3 is 0 Å². The Kier molecular flexibility index (Phi) is 6.39. The standard InChI is InChI=1S/C25H30FN7O2S/c1-17(2)14-31-9-10-32(36(34,35)25-29-27-16-30(25)4)15-24(31)22-12-19-13-28-33(23(19)11-18(22)3)21-7-5-20(26)6-8-21/h5-8,11-13,16-17,24H,9-10,14-15H2,1-4H3/t24-/m1/s1. The monoisotopic (exact) mass is 511 g/mol. The molecule has 0 spiro atoms. The number of rotatable bonds is 6. The van der Waals surface area contributed by atoms with Gasteiger partial charge in [-0.15, -0.1) is 10.2 Å². The third-order valence-corrected chi connectivity index (χ3v) is 8.52. The van der Waals surface area contributed by atoms with Crippen LogP contribution < -0.4 is 0 Å². The maximum absolute atomic E-state index is 13.4. The molecule has 36 heavy (non-hydrogen) atoms. The van der Waals surface area contributed by atoms with Crippen LogP contribution in [0.5, 0.6) is 0 Å². The molecule has 0 aliphatic carbocycles. The topological polar surface area (TPSA) is 89.1 Å². The van der Waals surface area contributed by atoms with E-state index in [1.54, 1.807) is 30.1 Å². The highest BCUT2D eigenvalue weighted by atomic mass is 32.2. The van der Waals surface area contributed by atoms with Crippen LogP contribution in [0.2, 0.25) is 0 Å².